The zero-order valence-electron chi connectivity index (χ0n) is 23.8. The van der Waals surface area contributed by atoms with Gasteiger partial charge in [0.25, 0.3) is 11.8 Å². The Labute approximate surface area is 245 Å². The van der Waals surface area contributed by atoms with Crippen LogP contribution in [0.2, 0.25) is 0 Å². The van der Waals surface area contributed by atoms with Crippen molar-refractivity contribution in [3.63, 3.8) is 0 Å². The lowest BCUT2D eigenvalue weighted by atomic mass is 9.93. The molecule has 2 aromatic rings. The third-order valence-corrected chi connectivity index (χ3v) is 11.0. The van der Waals surface area contributed by atoms with Crippen LogP contribution in [0, 0.1) is 5.41 Å². The van der Waals surface area contributed by atoms with Gasteiger partial charge in [-0.1, -0.05) is 0 Å². The number of rotatable bonds is 8. The van der Waals surface area contributed by atoms with E-state index in [1.165, 1.54) is 19.8 Å². The number of halogens is 2. The number of aliphatic hydroxyl groups excluding tert-OH is 1. The van der Waals surface area contributed by atoms with Gasteiger partial charge in [-0.15, -0.1) is 0 Å². The van der Waals surface area contributed by atoms with Crippen molar-refractivity contribution in [2.24, 2.45) is 5.41 Å². The minimum atomic E-state index is -3.81. The molecule has 3 heterocycles. The van der Waals surface area contributed by atoms with Crippen molar-refractivity contribution in [1.82, 2.24) is 0 Å². The molecule has 2 saturated heterocycles. The fourth-order valence-corrected chi connectivity index (χ4v) is 7.03. The third-order valence-electron chi connectivity index (χ3n) is 9.27. The third kappa shape index (κ3) is 5.88. The Balaban J connectivity index is 1.28. The number of nitrogens with one attached hydrogen (secondary N) is 2. The van der Waals surface area contributed by atoms with Crippen molar-refractivity contribution in [2.75, 3.05) is 59.2 Å². The standard InChI is InChI=1S/C30H38F2N4O5S/c1-20(19-37)42(39,40)34-22-2-3-24(25(17-22)35-11-7-29(5-6-29)8-12-35)28(38)33-23-16-21-4-15-41-27(21)26(18-23)36-13-9-30(31,32)10-14-36/h2-3,16-18,20,34,37H,4-15,19H2,1H3,(H,33,38)/t20-/m0/s1. The van der Waals surface area contributed by atoms with Gasteiger partial charge in [0.05, 0.1) is 35.8 Å². The highest BCUT2D eigenvalue weighted by Crippen LogP contribution is 2.54. The molecule has 1 amide bonds. The summed E-state index contributed by atoms with van der Waals surface area (Å²) in [6, 6.07) is 8.54. The van der Waals surface area contributed by atoms with Crippen LogP contribution in [0.15, 0.2) is 30.3 Å². The minimum Gasteiger partial charge on any atom is -0.491 e. The SMILES string of the molecule is C[C@@H](CO)S(=O)(=O)Nc1ccc(C(=O)Nc2cc3c(c(N4CCC(F)(F)CC4)c2)OCC3)c(N2CCC3(CC2)CC3)c1. The molecule has 3 aliphatic heterocycles. The van der Waals surface area contributed by atoms with Crippen LogP contribution >= 0.6 is 0 Å². The molecule has 42 heavy (non-hydrogen) atoms. The largest absolute Gasteiger partial charge is 0.491 e. The predicted molar refractivity (Wildman–Crippen MR) is 159 cm³/mol. The smallest absolute Gasteiger partial charge is 0.257 e. The van der Waals surface area contributed by atoms with E-state index in [0.29, 0.717) is 52.5 Å². The Morgan fingerprint density at radius 2 is 1.62 bits per heavy atom. The van der Waals surface area contributed by atoms with Crippen LogP contribution in [-0.2, 0) is 16.4 Å². The van der Waals surface area contributed by atoms with Gasteiger partial charge in [-0.05, 0) is 68.4 Å². The van der Waals surface area contributed by atoms with Crippen molar-refractivity contribution in [1.29, 1.82) is 0 Å². The number of piperidine rings is 2. The molecule has 2 aromatic carbocycles. The molecule has 3 fully saturated rings. The second kappa shape index (κ2) is 10.9. The van der Waals surface area contributed by atoms with Crippen LogP contribution in [0.25, 0.3) is 0 Å². The number of carbonyl (C=O) groups is 1. The van der Waals surface area contributed by atoms with Gasteiger partial charge < -0.3 is 25.0 Å². The molecule has 1 aliphatic carbocycles. The topological polar surface area (TPSA) is 111 Å². The number of amides is 1. The molecule has 6 rings (SSSR count). The molecule has 1 spiro atoms. The first kappa shape index (κ1) is 29.0. The molecular weight excluding hydrogens is 566 g/mol. The monoisotopic (exact) mass is 604 g/mol. The lowest BCUT2D eigenvalue weighted by Gasteiger charge is -2.35. The van der Waals surface area contributed by atoms with E-state index in [1.54, 1.807) is 24.3 Å². The summed E-state index contributed by atoms with van der Waals surface area (Å²) in [5, 5.41) is 11.4. The number of carbonyl (C=O) groups excluding carboxylic acids is 1. The second-order valence-electron chi connectivity index (χ2n) is 12.2. The van der Waals surface area contributed by atoms with E-state index in [-0.39, 0.29) is 31.8 Å². The molecule has 0 bridgehead atoms. The van der Waals surface area contributed by atoms with Crippen molar-refractivity contribution < 1.29 is 31.8 Å². The van der Waals surface area contributed by atoms with Crippen LogP contribution < -0.4 is 24.6 Å². The van der Waals surface area contributed by atoms with Gasteiger partial charge in [-0.2, -0.15) is 0 Å². The highest BCUT2D eigenvalue weighted by molar-refractivity contribution is 7.93. The molecule has 9 nitrogen and oxygen atoms in total. The highest BCUT2D eigenvalue weighted by atomic mass is 32.2. The summed E-state index contributed by atoms with van der Waals surface area (Å²) < 4.78 is 61.4. The van der Waals surface area contributed by atoms with E-state index in [9.17, 15) is 27.1 Å². The summed E-state index contributed by atoms with van der Waals surface area (Å²) in [6.45, 7) is 3.35. The maximum absolute atomic E-state index is 13.9. The zero-order chi connectivity index (χ0) is 29.7. The fourth-order valence-electron chi connectivity index (χ4n) is 6.18. The predicted octanol–water partition coefficient (Wildman–Crippen LogP) is 4.61. The summed E-state index contributed by atoms with van der Waals surface area (Å²) in [6.07, 6.45) is 4.71. The molecule has 0 unspecified atom stereocenters. The average molecular weight is 605 g/mol. The molecule has 228 valence electrons. The fraction of sp³-hybridized carbons (Fsp3) is 0.567. The van der Waals surface area contributed by atoms with Crippen molar-refractivity contribution in [3.8, 4) is 5.75 Å². The minimum absolute atomic E-state index is 0.201. The number of aliphatic hydroxyl groups is 1. The Bertz CT molecular complexity index is 1460. The Morgan fingerprint density at radius 1 is 0.976 bits per heavy atom. The van der Waals surface area contributed by atoms with Crippen LogP contribution in [0.1, 0.15) is 61.4 Å². The van der Waals surface area contributed by atoms with Crippen molar-refractivity contribution >= 4 is 38.7 Å². The van der Waals surface area contributed by atoms with E-state index >= 15 is 0 Å². The maximum Gasteiger partial charge on any atom is 0.257 e. The number of nitrogens with zero attached hydrogens (tertiary/aromatic N) is 2. The lowest BCUT2D eigenvalue weighted by molar-refractivity contribution is -0.0221. The van der Waals surface area contributed by atoms with E-state index in [0.717, 1.165) is 31.5 Å². The first-order chi connectivity index (χ1) is 20.0. The molecule has 1 atom stereocenters. The lowest BCUT2D eigenvalue weighted by Crippen LogP contribution is -2.39. The quantitative estimate of drug-likeness (QED) is 0.404. The number of anilines is 4. The number of alkyl halides is 2. The molecule has 1 saturated carbocycles. The molecule has 4 aliphatic rings. The van der Waals surface area contributed by atoms with E-state index in [1.807, 2.05) is 11.0 Å². The Morgan fingerprint density at radius 3 is 2.29 bits per heavy atom. The zero-order valence-corrected chi connectivity index (χ0v) is 24.6. The Hall–Kier alpha value is -3.12. The van der Waals surface area contributed by atoms with Gasteiger partial charge in [-0.3, -0.25) is 9.52 Å². The number of hydrogen-bond acceptors (Lipinski definition) is 7. The molecular formula is C30H38F2N4O5S. The van der Waals surface area contributed by atoms with E-state index in [2.05, 4.69) is 14.9 Å². The average Bonchev–Trinajstić information content (AvgIpc) is 3.53. The summed E-state index contributed by atoms with van der Waals surface area (Å²) >= 11 is 0. The summed E-state index contributed by atoms with van der Waals surface area (Å²) in [4.78, 5) is 17.8. The number of fused-ring (bicyclic) bond motifs is 1. The van der Waals surface area contributed by atoms with E-state index < -0.39 is 27.8 Å². The molecule has 12 heteroatoms. The highest BCUT2D eigenvalue weighted by Gasteiger charge is 2.44. The van der Waals surface area contributed by atoms with Crippen LogP contribution in [0.4, 0.5) is 31.5 Å². The van der Waals surface area contributed by atoms with Gasteiger partial charge in [0.1, 0.15) is 11.0 Å². The van der Waals surface area contributed by atoms with Crippen molar-refractivity contribution in [2.45, 2.75) is 63.0 Å². The van der Waals surface area contributed by atoms with Crippen molar-refractivity contribution in [3.05, 3.63) is 41.5 Å². The van der Waals surface area contributed by atoms with Gasteiger partial charge in [0.15, 0.2) is 0 Å². The number of ether oxygens (including phenoxy) is 1. The molecule has 0 aromatic heterocycles. The summed E-state index contributed by atoms with van der Waals surface area (Å²) in [7, 11) is -3.81. The van der Waals surface area contributed by atoms with Crippen LogP contribution in [0.3, 0.4) is 0 Å². The van der Waals surface area contributed by atoms with Gasteiger partial charge in [-0.25, -0.2) is 17.2 Å². The molecule has 3 N–H and O–H groups in total. The maximum atomic E-state index is 13.9. The first-order valence-electron chi connectivity index (χ1n) is 14.7. The van der Waals surface area contributed by atoms with E-state index in [4.69, 9.17) is 4.74 Å². The normalized spacial score (nSPS) is 21.4. The van der Waals surface area contributed by atoms with Crippen LogP contribution in [0.5, 0.6) is 5.75 Å². The van der Waals surface area contributed by atoms with Crippen LogP contribution in [-0.4, -0.2) is 70.0 Å². The van der Waals surface area contributed by atoms with Gasteiger partial charge >= 0.3 is 0 Å². The summed E-state index contributed by atoms with van der Waals surface area (Å²) in [5.41, 5.74) is 3.99. The van der Waals surface area contributed by atoms with Gasteiger partial charge in [0, 0.05) is 56.7 Å². The van der Waals surface area contributed by atoms with Gasteiger partial charge in [0.2, 0.25) is 10.0 Å². The molecule has 0 radical (unpaired) electrons. The number of sulfonamides is 1. The Kier molecular flexibility index (Phi) is 7.49. The summed E-state index contributed by atoms with van der Waals surface area (Å²) in [5.74, 6) is -2.33. The second-order valence-corrected chi connectivity index (χ2v) is 14.3. The first-order valence-corrected chi connectivity index (χ1v) is 16.3. The number of benzene rings is 2. The number of hydrogen-bond donors (Lipinski definition) is 3.